The fourth-order valence-corrected chi connectivity index (χ4v) is 3.19. The van der Waals surface area contributed by atoms with E-state index in [0.717, 1.165) is 29.5 Å². The number of rotatable bonds is 3. The van der Waals surface area contributed by atoms with Crippen LogP contribution in [0.3, 0.4) is 0 Å². The Hall–Kier alpha value is -2.76. The van der Waals surface area contributed by atoms with Crippen LogP contribution in [0, 0.1) is 10.1 Å². The molecule has 2 aromatic rings. The number of benzene rings is 1. The topological polar surface area (TPSA) is 76.3 Å². The first kappa shape index (κ1) is 13.9. The minimum atomic E-state index is -0.382. The summed E-state index contributed by atoms with van der Waals surface area (Å²) >= 11 is 0. The maximum Gasteiger partial charge on any atom is 0.293 e. The fraction of sp³-hybridized carbons (Fsp3) is 0.294. The van der Waals surface area contributed by atoms with Gasteiger partial charge in [0.15, 0.2) is 0 Å². The Bertz CT molecular complexity index is 800. The van der Waals surface area contributed by atoms with Crippen LogP contribution in [0.4, 0.5) is 11.4 Å². The van der Waals surface area contributed by atoms with Crippen LogP contribution < -0.4 is 4.90 Å². The zero-order valence-electron chi connectivity index (χ0n) is 12.4. The number of hydrogen-bond donors (Lipinski definition) is 0. The lowest BCUT2D eigenvalue weighted by atomic mass is 9.95. The Morgan fingerprint density at radius 2 is 2.04 bits per heavy atom. The number of fused-ring (bicyclic) bond motifs is 1. The van der Waals surface area contributed by atoms with Crippen LogP contribution in [-0.4, -0.2) is 21.9 Å². The van der Waals surface area contributed by atoms with Crippen LogP contribution >= 0.6 is 0 Å². The normalized spacial score (nSPS) is 17.0. The van der Waals surface area contributed by atoms with Crippen molar-refractivity contribution in [2.24, 2.45) is 0 Å². The Labute approximate surface area is 132 Å². The van der Waals surface area contributed by atoms with Crippen LogP contribution in [0.5, 0.6) is 0 Å². The maximum absolute atomic E-state index is 12.3. The number of nitro benzene ring substituents is 1. The number of aryl methyl sites for hydroxylation is 1. The van der Waals surface area contributed by atoms with Crippen molar-refractivity contribution in [1.29, 1.82) is 0 Å². The molecule has 0 radical (unpaired) electrons. The number of carbonyl (C=O) groups is 1. The van der Waals surface area contributed by atoms with Crippen molar-refractivity contribution >= 4 is 17.3 Å². The van der Waals surface area contributed by atoms with Gasteiger partial charge < -0.3 is 4.90 Å². The standard InChI is InChI=1S/C17H15N3O3/c21-16-6-3-11-8-13(12-2-1-7-18-10-12)9-15(20(22)23)17(11)19(16)14-4-5-14/h1-2,7-10,14H,3-6H2. The fourth-order valence-electron chi connectivity index (χ4n) is 3.19. The second-order valence-corrected chi connectivity index (χ2v) is 6.00. The molecule has 1 saturated carbocycles. The number of pyridine rings is 1. The van der Waals surface area contributed by atoms with Gasteiger partial charge in [-0.2, -0.15) is 0 Å². The van der Waals surface area contributed by atoms with E-state index in [0.29, 0.717) is 18.5 Å². The Morgan fingerprint density at radius 1 is 1.22 bits per heavy atom. The minimum absolute atomic E-state index is 0.00257. The van der Waals surface area contributed by atoms with Gasteiger partial charge in [0, 0.05) is 36.5 Å². The first-order valence-electron chi connectivity index (χ1n) is 7.69. The predicted octanol–water partition coefficient (Wildman–Crippen LogP) is 3.10. The van der Waals surface area contributed by atoms with Gasteiger partial charge >= 0.3 is 0 Å². The second-order valence-electron chi connectivity index (χ2n) is 6.00. The van der Waals surface area contributed by atoms with Gasteiger partial charge in [0.05, 0.1) is 4.92 Å². The number of carbonyl (C=O) groups excluding carboxylic acids is 1. The Kier molecular flexibility index (Phi) is 3.11. The van der Waals surface area contributed by atoms with Gasteiger partial charge in [-0.25, -0.2) is 0 Å². The molecular formula is C17H15N3O3. The molecule has 4 rings (SSSR count). The Balaban J connectivity index is 1.91. The van der Waals surface area contributed by atoms with Crippen LogP contribution in [0.15, 0.2) is 36.7 Å². The molecule has 6 heteroatoms. The van der Waals surface area contributed by atoms with Gasteiger partial charge in [-0.1, -0.05) is 6.07 Å². The van der Waals surface area contributed by atoms with Crippen molar-refractivity contribution in [1.82, 2.24) is 4.98 Å². The Morgan fingerprint density at radius 3 is 2.70 bits per heavy atom. The van der Waals surface area contributed by atoms with Crippen LogP contribution in [0.25, 0.3) is 11.1 Å². The molecule has 23 heavy (non-hydrogen) atoms. The molecular weight excluding hydrogens is 294 g/mol. The van der Waals surface area contributed by atoms with E-state index in [2.05, 4.69) is 4.98 Å². The van der Waals surface area contributed by atoms with Crippen molar-refractivity contribution < 1.29 is 9.72 Å². The molecule has 1 aromatic carbocycles. The molecule has 0 N–H and O–H groups in total. The summed E-state index contributed by atoms with van der Waals surface area (Å²) in [5, 5.41) is 11.6. The average molecular weight is 309 g/mol. The van der Waals surface area contributed by atoms with Crippen LogP contribution in [0.1, 0.15) is 24.8 Å². The highest BCUT2D eigenvalue weighted by Crippen LogP contribution is 2.44. The summed E-state index contributed by atoms with van der Waals surface area (Å²) in [6.07, 6.45) is 6.17. The quantitative estimate of drug-likeness (QED) is 0.645. The molecule has 2 aliphatic rings. The zero-order valence-corrected chi connectivity index (χ0v) is 12.4. The third-order valence-electron chi connectivity index (χ3n) is 4.39. The van der Waals surface area contributed by atoms with Gasteiger partial charge in [0.2, 0.25) is 5.91 Å². The van der Waals surface area contributed by atoms with Crippen LogP contribution in [0.2, 0.25) is 0 Å². The van der Waals surface area contributed by atoms with Gasteiger partial charge in [-0.15, -0.1) is 0 Å². The van der Waals surface area contributed by atoms with E-state index in [-0.39, 0.29) is 22.6 Å². The van der Waals surface area contributed by atoms with E-state index in [9.17, 15) is 14.9 Å². The van der Waals surface area contributed by atoms with E-state index >= 15 is 0 Å². The zero-order chi connectivity index (χ0) is 16.0. The highest BCUT2D eigenvalue weighted by atomic mass is 16.6. The molecule has 0 atom stereocenters. The average Bonchev–Trinajstić information content (AvgIpc) is 3.39. The number of nitro groups is 1. The smallest absolute Gasteiger partial charge is 0.293 e. The first-order valence-corrected chi connectivity index (χ1v) is 7.69. The largest absolute Gasteiger partial charge is 0.303 e. The molecule has 116 valence electrons. The molecule has 1 aliphatic heterocycles. The van der Waals surface area contributed by atoms with Crippen LogP contribution in [-0.2, 0) is 11.2 Å². The molecule has 0 bridgehead atoms. The van der Waals surface area contributed by atoms with Gasteiger partial charge in [0.25, 0.3) is 5.69 Å². The van der Waals surface area contributed by atoms with Crippen molar-refractivity contribution in [3.05, 3.63) is 52.3 Å². The second kappa shape index (κ2) is 5.15. The predicted molar refractivity (Wildman–Crippen MR) is 85.2 cm³/mol. The lowest BCUT2D eigenvalue weighted by Gasteiger charge is -2.29. The molecule has 0 spiro atoms. The maximum atomic E-state index is 12.3. The van der Waals surface area contributed by atoms with E-state index < -0.39 is 0 Å². The van der Waals surface area contributed by atoms with Gasteiger partial charge in [0.1, 0.15) is 5.69 Å². The minimum Gasteiger partial charge on any atom is -0.303 e. The molecule has 2 heterocycles. The molecule has 0 unspecified atom stereocenters. The van der Waals surface area contributed by atoms with E-state index in [1.807, 2.05) is 12.1 Å². The number of aromatic nitrogens is 1. The molecule has 1 fully saturated rings. The third-order valence-corrected chi connectivity index (χ3v) is 4.39. The van der Waals surface area contributed by atoms with Crippen molar-refractivity contribution in [3.63, 3.8) is 0 Å². The lowest BCUT2D eigenvalue weighted by Crippen LogP contribution is -2.37. The van der Waals surface area contributed by atoms with E-state index in [1.54, 1.807) is 29.4 Å². The molecule has 0 saturated heterocycles. The summed E-state index contributed by atoms with van der Waals surface area (Å²) in [5.74, 6) is -0.00257. The van der Waals surface area contributed by atoms with Crippen molar-refractivity contribution in [2.45, 2.75) is 31.7 Å². The van der Waals surface area contributed by atoms with Crippen molar-refractivity contribution in [2.75, 3.05) is 4.90 Å². The van der Waals surface area contributed by atoms with Gasteiger partial charge in [-0.3, -0.25) is 19.9 Å². The summed E-state index contributed by atoms with van der Waals surface area (Å²) in [6, 6.07) is 7.33. The summed E-state index contributed by atoms with van der Waals surface area (Å²) in [4.78, 5) is 29.2. The SMILES string of the molecule is O=C1CCc2cc(-c3cccnc3)cc([N+](=O)[O-])c2N1C1CC1. The van der Waals surface area contributed by atoms with E-state index in [1.165, 1.54) is 0 Å². The van der Waals surface area contributed by atoms with E-state index in [4.69, 9.17) is 0 Å². The molecule has 1 amide bonds. The molecule has 1 aliphatic carbocycles. The van der Waals surface area contributed by atoms with Crippen molar-refractivity contribution in [3.8, 4) is 11.1 Å². The highest BCUT2D eigenvalue weighted by Gasteiger charge is 2.40. The first-order chi connectivity index (χ1) is 11.1. The number of hydrogen-bond acceptors (Lipinski definition) is 4. The number of nitrogens with zero attached hydrogens (tertiary/aromatic N) is 3. The molecule has 1 aromatic heterocycles. The lowest BCUT2D eigenvalue weighted by molar-refractivity contribution is -0.384. The number of amides is 1. The number of anilines is 1. The summed E-state index contributed by atoms with van der Waals surface area (Å²) in [6.45, 7) is 0. The molecule has 6 nitrogen and oxygen atoms in total. The summed E-state index contributed by atoms with van der Waals surface area (Å²) in [7, 11) is 0. The van der Waals surface area contributed by atoms with Gasteiger partial charge in [-0.05, 0) is 42.5 Å². The summed E-state index contributed by atoms with van der Waals surface area (Å²) < 4.78 is 0. The monoisotopic (exact) mass is 309 g/mol. The summed E-state index contributed by atoms with van der Waals surface area (Å²) in [5.41, 5.74) is 3.01. The third kappa shape index (κ3) is 2.36. The highest BCUT2D eigenvalue weighted by molar-refractivity contribution is 6.00.